The molecule has 16 heavy (non-hydrogen) atoms. The minimum atomic E-state index is -1.80. The van der Waals surface area contributed by atoms with E-state index >= 15 is 0 Å². The number of aliphatic carboxylic acids is 1. The second kappa shape index (κ2) is 4.73. The number of rotatable bonds is 4. The average molecular weight is 224 g/mol. The van der Waals surface area contributed by atoms with Gasteiger partial charge in [0.25, 0.3) is 0 Å². The van der Waals surface area contributed by atoms with Gasteiger partial charge in [-0.2, -0.15) is 0 Å². The van der Waals surface area contributed by atoms with Gasteiger partial charge in [0.1, 0.15) is 12.1 Å². The predicted octanol–water partition coefficient (Wildman–Crippen LogP) is -0.776. The summed E-state index contributed by atoms with van der Waals surface area (Å²) in [5.41, 5.74) is 10.9. The fraction of sp³-hybridized carbons (Fsp3) is 0.200. The van der Waals surface area contributed by atoms with Gasteiger partial charge in [0, 0.05) is 11.3 Å². The quantitative estimate of drug-likeness (QED) is 0.392. The molecule has 0 aliphatic rings. The normalized spacial score (nSPS) is 14.1. The summed E-state index contributed by atoms with van der Waals surface area (Å²) >= 11 is 0. The molecule has 1 rings (SSSR count). The smallest absolute Gasteiger partial charge is 0.323 e. The number of carboxylic acid groups (broad SMARTS) is 1. The lowest BCUT2D eigenvalue weighted by atomic mass is 10.00. The molecular weight excluding hydrogens is 212 g/mol. The maximum absolute atomic E-state index is 11.6. The van der Waals surface area contributed by atoms with Gasteiger partial charge in [-0.25, -0.2) is 0 Å². The van der Waals surface area contributed by atoms with E-state index in [0.29, 0.717) is 0 Å². The molecule has 6 heteroatoms. The third kappa shape index (κ3) is 2.36. The fourth-order valence-electron chi connectivity index (χ4n) is 1.18. The number of nitrogens with two attached hydrogens (primary N) is 2. The second-order valence-electron chi connectivity index (χ2n) is 3.26. The number of carbonyl (C=O) groups excluding carboxylic acids is 1. The minimum Gasteiger partial charge on any atom is -0.480 e. The van der Waals surface area contributed by atoms with Gasteiger partial charge in [0.15, 0.2) is 5.78 Å². The van der Waals surface area contributed by atoms with Crippen molar-refractivity contribution in [1.82, 2.24) is 0 Å². The molecular formula is C10H12N2O4. The van der Waals surface area contributed by atoms with Crippen molar-refractivity contribution < 1.29 is 19.8 Å². The Hall–Kier alpha value is -1.92. The van der Waals surface area contributed by atoms with Crippen molar-refractivity contribution in [3.05, 3.63) is 29.8 Å². The molecule has 86 valence electrons. The number of anilines is 1. The first-order valence-electron chi connectivity index (χ1n) is 4.50. The van der Waals surface area contributed by atoms with Crippen molar-refractivity contribution >= 4 is 17.4 Å². The standard InChI is InChI=1S/C10H12N2O4/c11-6-4-2-1-3-5(6)8(13)9(14)7(12)10(15)16/h1-4,7,9,14H,11-12H2,(H,15,16)/t7-,9?/m0/s1. The van der Waals surface area contributed by atoms with Crippen LogP contribution in [0.25, 0.3) is 0 Å². The van der Waals surface area contributed by atoms with Crippen LogP contribution in [0.5, 0.6) is 0 Å². The van der Waals surface area contributed by atoms with Crippen molar-refractivity contribution in [1.29, 1.82) is 0 Å². The Balaban J connectivity index is 2.95. The van der Waals surface area contributed by atoms with Gasteiger partial charge in [0.05, 0.1) is 0 Å². The van der Waals surface area contributed by atoms with Gasteiger partial charge < -0.3 is 21.7 Å². The number of hydrogen-bond acceptors (Lipinski definition) is 5. The molecule has 6 N–H and O–H groups in total. The summed E-state index contributed by atoms with van der Waals surface area (Å²) in [5, 5.41) is 18.0. The number of Topliss-reactive ketones (excluding diaryl/α,β-unsaturated/α-hetero) is 1. The van der Waals surface area contributed by atoms with Crippen molar-refractivity contribution in [3.8, 4) is 0 Å². The van der Waals surface area contributed by atoms with Gasteiger partial charge in [-0.05, 0) is 12.1 Å². The van der Waals surface area contributed by atoms with Gasteiger partial charge in [0.2, 0.25) is 0 Å². The number of benzene rings is 1. The summed E-state index contributed by atoms with van der Waals surface area (Å²) in [6.45, 7) is 0. The first-order valence-corrected chi connectivity index (χ1v) is 4.50. The number of nitrogen functional groups attached to an aromatic ring is 1. The van der Waals surface area contributed by atoms with Crippen LogP contribution < -0.4 is 11.5 Å². The summed E-state index contributed by atoms with van der Waals surface area (Å²) in [6.07, 6.45) is -1.80. The van der Waals surface area contributed by atoms with E-state index in [9.17, 15) is 14.7 Å². The van der Waals surface area contributed by atoms with Crippen LogP contribution in [0.3, 0.4) is 0 Å². The molecule has 1 aromatic rings. The van der Waals surface area contributed by atoms with Crippen LogP contribution in [-0.4, -0.2) is 34.1 Å². The molecule has 0 aromatic heterocycles. The number of aliphatic hydroxyl groups is 1. The minimum absolute atomic E-state index is 0.0618. The van der Waals surface area contributed by atoms with E-state index in [2.05, 4.69) is 0 Å². The first-order chi connectivity index (χ1) is 7.45. The first kappa shape index (κ1) is 12.2. The molecule has 1 unspecified atom stereocenters. The third-order valence-electron chi connectivity index (χ3n) is 2.12. The average Bonchev–Trinajstić information content (AvgIpc) is 2.26. The number of carboxylic acids is 1. The van der Waals surface area contributed by atoms with Crippen LogP contribution in [0.4, 0.5) is 5.69 Å². The van der Waals surface area contributed by atoms with Crippen LogP contribution in [-0.2, 0) is 4.79 Å². The van der Waals surface area contributed by atoms with E-state index in [0.717, 1.165) is 0 Å². The van der Waals surface area contributed by atoms with Crippen molar-refractivity contribution in [2.75, 3.05) is 5.73 Å². The van der Waals surface area contributed by atoms with Gasteiger partial charge in [-0.15, -0.1) is 0 Å². The number of ketones is 1. The molecule has 0 amide bonds. The van der Waals surface area contributed by atoms with Gasteiger partial charge in [-0.3, -0.25) is 9.59 Å². The predicted molar refractivity (Wildman–Crippen MR) is 56.8 cm³/mol. The third-order valence-corrected chi connectivity index (χ3v) is 2.12. The summed E-state index contributed by atoms with van der Waals surface area (Å²) in [6, 6.07) is 4.40. The lowest BCUT2D eigenvalue weighted by Gasteiger charge is -2.14. The van der Waals surface area contributed by atoms with Crippen LogP contribution >= 0.6 is 0 Å². The van der Waals surface area contributed by atoms with E-state index in [4.69, 9.17) is 16.6 Å². The maximum atomic E-state index is 11.6. The Morgan fingerprint density at radius 3 is 2.31 bits per heavy atom. The molecule has 0 heterocycles. The molecule has 0 spiro atoms. The summed E-state index contributed by atoms with van der Waals surface area (Å²) in [5.74, 6) is -2.25. The molecule has 0 fully saturated rings. The van der Waals surface area contributed by atoms with Gasteiger partial charge in [-0.1, -0.05) is 12.1 Å². The fourth-order valence-corrected chi connectivity index (χ4v) is 1.18. The Morgan fingerprint density at radius 2 is 1.81 bits per heavy atom. The monoisotopic (exact) mass is 224 g/mol. The van der Waals surface area contributed by atoms with E-state index in [1.54, 1.807) is 12.1 Å². The maximum Gasteiger partial charge on any atom is 0.323 e. The molecule has 0 saturated heterocycles. The van der Waals surface area contributed by atoms with E-state index in [1.807, 2.05) is 0 Å². The van der Waals surface area contributed by atoms with Crippen LogP contribution in [0, 0.1) is 0 Å². The van der Waals surface area contributed by atoms with E-state index in [-0.39, 0.29) is 11.3 Å². The lowest BCUT2D eigenvalue weighted by Crippen LogP contribution is -2.46. The molecule has 2 atom stereocenters. The largest absolute Gasteiger partial charge is 0.480 e. The number of aliphatic hydroxyl groups excluding tert-OH is 1. The van der Waals surface area contributed by atoms with Crippen LogP contribution in [0.2, 0.25) is 0 Å². The number of carbonyl (C=O) groups is 2. The highest BCUT2D eigenvalue weighted by Crippen LogP contribution is 2.14. The molecule has 0 radical (unpaired) electrons. The number of hydrogen-bond donors (Lipinski definition) is 4. The SMILES string of the molecule is Nc1ccccc1C(=O)C(O)[C@H](N)C(=O)O. The zero-order valence-electron chi connectivity index (χ0n) is 8.33. The summed E-state index contributed by atoms with van der Waals surface area (Å²) < 4.78 is 0. The van der Waals surface area contributed by atoms with E-state index in [1.165, 1.54) is 12.1 Å². The highest BCUT2D eigenvalue weighted by molar-refractivity contribution is 6.05. The summed E-state index contributed by atoms with van der Waals surface area (Å²) in [7, 11) is 0. The van der Waals surface area contributed by atoms with Crippen LogP contribution in [0.15, 0.2) is 24.3 Å². The molecule has 0 aliphatic carbocycles. The molecule has 0 saturated carbocycles. The van der Waals surface area contributed by atoms with E-state index < -0.39 is 23.9 Å². The highest BCUT2D eigenvalue weighted by atomic mass is 16.4. The molecule has 6 nitrogen and oxygen atoms in total. The molecule has 1 aromatic carbocycles. The topological polar surface area (TPSA) is 127 Å². The Labute approximate surface area is 91.5 Å². The van der Waals surface area contributed by atoms with Crippen molar-refractivity contribution in [2.24, 2.45) is 5.73 Å². The highest BCUT2D eigenvalue weighted by Gasteiger charge is 2.30. The zero-order valence-corrected chi connectivity index (χ0v) is 8.33. The Morgan fingerprint density at radius 1 is 1.25 bits per heavy atom. The Bertz CT molecular complexity index is 419. The summed E-state index contributed by atoms with van der Waals surface area (Å²) in [4.78, 5) is 22.1. The van der Waals surface area contributed by atoms with Gasteiger partial charge >= 0.3 is 5.97 Å². The Kier molecular flexibility index (Phi) is 3.60. The lowest BCUT2D eigenvalue weighted by molar-refractivity contribution is -0.140. The molecule has 0 bridgehead atoms. The second-order valence-corrected chi connectivity index (χ2v) is 3.26. The van der Waals surface area contributed by atoms with Crippen molar-refractivity contribution in [3.63, 3.8) is 0 Å². The molecule has 0 aliphatic heterocycles. The van der Waals surface area contributed by atoms with Crippen molar-refractivity contribution in [2.45, 2.75) is 12.1 Å². The van der Waals surface area contributed by atoms with Crippen LogP contribution in [0.1, 0.15) is 10.4 Å². The number of para-hydroxylation sites is 1. The zero-order chi connectivity index (χ0) is 12.3.